The second kappa shape index (κ2) is 7.64. The first-order valence-corrected chi connectivity index (χ1v) is 9.56. The lowest BCUT2D eigenvalue weighted by atomic mass is 10.2. The van der Waals surface area contributed by atoms with Crippen LogP contribution in [0, 0.1) is 0 Å². The van der Waals surface area contributed by atoms with Gasteiger partial charge in [-0.15, -0.1) is 0 Å². The van der Waals surface area contributed by atoms with E-state index in [2.05, 4.69) is 0 Å². The fourth-order valence-corrected chi connectivity index (χ4v) is 4.40. The molecule has 2 N–H and O–H groups in total. The summed E-state index contributed by atoms with van der Waals surface area (Å²) in [6.07, 6.45) is 4.42. The maximum Gasteiger partial charge on any atom is 0.357 e. The monoisotopic (exact) mass is 428 g/mol. The van der Waals surface area contributed by atoms with Crippen LogP contribution in [0.2, 0.25) is 0 Å². The number of nitrogens with zero attached hydrogens (tertiary/aromatic N) is 1. The second-order valence-electron chi connectivity index (χ2n) is 6.18. The standard InChI is InChI=1S/C20H16N2O7S/c1-26-19(24)15-13(21)11(9-10-5-3-7-28-10)14-17(20(25)27-2)30-16(18(23)22(14)15)12-6-4-8-29-12/h3-9,16H,21H2,1-2H3/b11-9+. The number of nitrogen functional groups attached to an aromatic ring is 1. The van der Waals surface area contributed by atoms with E-state index in [1.54, 1.807) is 24.3 Å². The summed E-state index contributed by atoms with van der Waals surface area (Å²) in [7, 11) is 2.40. The molecule has 9 nitrogen and oxygen atoms in total. The van der Waals surface area contributed by atoms with Gasteiger partial charge in [0.15, 0.2) is 5.69 Å². The number of thioether (sulfide) groups is 1. The molecule has 0 aliphatic carbocycles. The number of furan rings is 2. The predicted molar refractivity (Wildman–Crippen MR) is 107 cm³/mol. The number of esters is 2. The topological polar surface area (TPSA) is 127 Å². The van der Waals surface area contributed by atoms with Crippen LogP contribution in [0.25, 0.3) is 11.0 Å². The fraction of sp³-hybridized carbons (Fsp3) is 0.150. The molecule has 4 rings (SSSR count). The van der Waals surface area contributed by atoms with Gasteiger partial charge in [-0.25, -0.2) is 9.59 Å². The maximum absolute atomic E-state index is 13.4. The summed E-state index contributed by atoms with van der Waals surface area (Å²) in [5.74, 6) is -1.29. The molecule has 1 unspecified atom stereocenters. The van der Waals surface area contributed by atoms with Crippen LogP contribution in [0.15, 0.2) is 45.6 Å². The van der Waals surface area contributed by atoms with Gasteiger partial charge < -0.3 is 24.0 Å². The van der Waals surface area contributed by atoms with E-state index in [0.717, 1.165) is 16.3 Å². The van der Waals surface area contributed by atoms with Gasteiger partial charge in [-0.3, -0.25) is 9.36 Å². The first kappa shape index (κ1) is 19.6. The molecule has 0 radical (unpaired) electrons. The Bertz CT molecular complexity index is 1250. The van der Waals surface area contributed by atoms with E-state index in [1.165, 1.54) is 32.8 Å². The van der Waals surface area contributed by atoms with Crippen molar-refractivity contribution in [2.75, 3.05) is 20.0 Å². The summed E-state index contributed by atoms with van der Waals surface area (Å²) in [6.45, 7) is 0. The fourth-order valence-electron chi connectivity index (χ4n) is 3.21. The van der Waals surface area contributed by atoms with Gasteiger partial charge in [-0.1, -0.05) is 11.8 Å². The van der Waals surface area contributed by atoms with Crippen molar-refractivity contribution in [3.63, 3.8) is 0 Å². The molecule has 0 spiro atoms. The second-order valence-corrected chi connectivity index (χ2v) is 7.30. The van der Waals surface area contributed by atoms with Crippen molar-refractivity contribution < 1.29 is 32.7 Å². The van der Waals surface area contributed by atoms with Crippen molar-refractivity contribution >= 4 is 46.3 Å². The minimum atomic E-state index is -0.923. The van der Waals surface area contributed by atoms with E-state index < -0.39 is 23.1 Å². The first-order chi connectivity index (χ1) is 14.5. The molecular formula is C20H16N2O7S. The largest absolute Gasteiger partial charge is 0.468 e. The number of nitrogens with two attached hydrogens (primary N) is 1. The molecule has 1 atom stereocenters. The highest BCUT2D eigenvalue weighted by Crippen LogP contribution is 2.39. The quantitative estimate of drug-likeness (QED) is 0.611. The van der Waals surface area contributed by atoms with E-state index >= 15 is 0 Å². The van der Waals surface area contributed by atoms with Crippen LogP contribution in [-0.2, 0) is 14.3 Å². The molecule has 0 bridgehead atoms. The number of hydrogen-bond donors (Lipinski definition) is 1. The number of ether oxygens (including phenoxy) is 2. The predicted octanol–water partition coefficient (Wildman–Crippen LogP) is 1.28. The number of anilines is 1. The summed E-state index contributed by atoms with van der Waals surface area (Å²) >= 11 is 0.961. The molecule has 3 aromatic rings. The van der Waals surface area contributed by atoms with Crippen molar-refractivity contribution in [2.24, 2.45) is 0 Å². The summed E-state index contributed by atoms with van der Waals surface area (Å²) in [5.41, 5.74) is 6.05. The Balaban J connectivity index is 2.13. The van der Waals surface area contributed by atoms with Crippen molar-refractivity contribution in [1.29, 1.82) is 0 Å². The lowest BCUT2D eigenvalue weighted by Crippen LogP contribution is -2.42. The number of carbonyl (C=O) groups is 3. The van der Waals surface area contributed by atoms with Crippen molar-refractivity contribution in [2.45, 2.75) is 5.25 Å². The average Bonchev–Trinajstić information content (AvgIpc) is 3.50. The Morgan fingerprint density at radius 1 is 1.13 bits per heavy atom. The van der Waals surface area contributed by atoms with Gasteiger partial charge in [0.25, 0.3) is 5.91 Å². The Hall–Kier alpha value is -3.66. The minimum absolute atomic E-state index is 0.0244. The van der Waals surface area contributed by atoms with Gasteiger partial charge in [-0.05, 0) is 30.3 Å². The average molecular weight is 428 g/mol. The molecular weight excluding hydrogens is 412 g/mol. The Kier molecular flexibility index (Phi) is 5.00. The molecule has 154 valence electrons. The van der Waals surface area contributed by atoms with E-state index in [0.29, 0.717) is 11.5 Å². The smallest absolute Gasteiger partial charge is 0.357 e. The molecule has 0 amide bonds. The van der Waals surface area contributed by atoms with Crippen LogP contribution in [0.3, 0.4) is 0 Å². The van der Waals surface area contributed by atoms with Gasteiger partial charge in [0.05, 0.1) is 37.8 Å². The van der Waals surface area contributed by atoms with Crippen molar-refractivity contribution in [3.05, 3.63) is 64.6 Å². The van der Waals surface area contributed by atoms with Crippen LogP contribution in [-0.4, -0.2) is 36.6 Å². The van der Waals surface area contributed by atoms with Crippen LogP contribution < -0.4 is 16.3 Å². The molecule has 0 saturated heterocycles. The van der Waals surface area contributed by atoms with E-state index in [-0.39, 0.29) is 26.9 Å². The van der Waals surface area contributed by atoms with Crippen LogP contribution in [0.5, 0.6) is 0 Å². The van der Waals surface area contributed by atoms with E-state index in [9.17, 15) is 14.4 Å². The van der Waals surface area contributed by atoms with Gasteiger partial charge in [-0.2, -0.15) is 0 Å². The molecule has 0 aromatic carbocycles. The first-order valence-electron chi connectivity index (χ1n) is 8.68. The lowest BCUT2D eigenvalue weighted by Gasteiger charge is -2.21. The zero-order valence-electron chi connectivity index (χ0n) is 15.9. The Labute approximate surface area is 173 Å². The SMILES string of the molecule is COC(=O)C1=c2/c(=C/c3ccco3)c(N)c(C(=O)OC)n2C(=O)C(c2ccco2)S1. The van der Waals surface area contributed by atoms with Gasteiger partial charge >= 0.3 is 11.9 Å². The summed E-state index contributed by atoms with van der Waals surface area (Å²) in [5, 5.41) is -0.522. The minimum Gasteiger partial charge on any atom is -0.468 e. The number of rotatable bonds is 4. The highest BCUT2D eigenvalue weighted by atomic mass is 32.2. The Morgan fingerprint density at radius 2 is 1.83 bits per heavy atom. The van der Waals surface area contributed by atoms with Gasteiger partial charge in [0.1, 0.15) is 21.7 Å². The van der Waals surface area contributed by atoms with Crippen LogP contribution >= 0.6 is 11.8 Å². The van der Waals surface area contributed by atoms with Crippen LogP contribution in [0.4, 0.5) is 5.69 Å². The van der Waals surface area contributed by atoms with Gasteiger partial charge in [0, 0.05) is 5.22 Å². The summed E-state index contributed by atoms with van der Waals surface area (Å²) in [4.78, 5) is 38.7. The molecule has 4 heterocycles. The Morgan fingerprint density at radius 3 is 2.43 bits per heavy atom. The lowest BCUT2D eigenvalue weighted by molar-refractivity contribution is -0.133. The molecule has 30 heavy (non-hydrogen) atoms. The van der Waals surface area contributed by atoms with Crippen molar-refractivity contribution in [1.82, 2.24) is 4.57 Å². The summed E-state index contributed by atoms with van der Waals surface area (Å²) < 4.78 is 21.6. The number of methoxy groups -OCH3 is 2. The zero-order chi connectivity index (χ0) is 21.4. The highest BCUT2D eigenvalue weighted by molar-refractivity contribution is 8.10. The third-order valence-corrected chi connectivity index (χ3v) is 5.79. The van der Waals surface area contributed by atoms with Crippen molar-refractivity contribution in [3.8, 4) is 0 Å². The summed E-state index contributed by atoms with van der Waals surface area (Å²) in [6, 6.07) is 6.57. The maximum atomic E-state index is 13.4. The van der Waals surface area contributed by atoms with Gasteiger partial charge in [0.2, 0.25) is 0 Å². The normalized spacial score (nSPS) is 16.5. The number of fused-ring (bicyclic) bond motifs is 1. The molecule has 1 aliphatic rings. The van der Waals surface area contributed by atoms with Crippen LogP contribution in [0.1, 0.15) is 32.1 Å². The number of carbonyl (C=O) groups excluding carboxylic acids is 3. The number of aromatic nitrogens is 1. The molecule has 1 aliphatic heterocycles. The van der Waals surface area contributed by atoms with E-state index in [4.69, 9.17) is 24.0 Å². The third kappa shape index (κ3) is 3.01. The number of hydrogen-bond acceptors (Lipinski definition) is 9. The molecule has 0 saturated carbocycles. The molecule has 3 aromatic heterocycles. The van der Waals surface area contributed by atoms with E-state index in [1.807, 2.05) is 0 Å². The highest BCUT2D eigenvalue weighted by Gasteiger charge is 2.39. The molecule has 0 fully saturated rings. The zero-order valence-corrected chi connectivity index (χ0v) is 16.7. The molecule has 10 heteroatoms. The third-order valence-electron chi connectivity index (χ3n) is 4.52.